The molecule has 1 aliphatic carbocycles. The van der Waals surface area contributed by atoms with Crippen molar-refractivity contribution in [3.8, 4) is 0 Å². The molecule has 0 radical (unpaired) electrons. The minimum atomic E-state index is 0.00977. The van der Waals surface area contributed by atoms with Crippen LogP contribution in [0, 0.1) is 0 Å². The number of hydrogen-bond acceptors (Lipinski definition) is 4. The van der Waals surface area contributed by atoms with Gasteiger partial charge in [-0.2, -0.15) is 0 Å². The monoisotopic (exact) mass is 262 g/mol. The molecule has 0 amide bonds. The van der Waals surface area contributed by atoms with Crippen LogP contribution in [0.25, 0.3) is 0 Å². The number of nitrogens with zero attached hydrogens (tertiary/aromatic N) is 2. The van der Waals surface area contributed by atoms with Gasteiger partial charge in [-0.05, 0) is 37.8 Å². The molecular formula is C13H18N4S. The summed E-state index contributed by atoms with van der Waals surface area (Å²) in [7, 11) is 0. The molecule has 0 fully saturated rings. The molecule has 3 N–H and O–H groups in total. The van der Waals surface area contributed by atoms with Gasteiger partial charge in [0.15, 0.2) is 0 Å². The Morgan fingerprint density at radius 1 is 1.56 bits per heavy atom. The fourth-order valence-electron chi connectivity index (χ4n) is 2.63. The molecule has 2 aromatic rings. The first-order valence-corrected chi connectivity index (χ1v) is 7.23. The van der Waals surface area contributed by atoms with Crippen molar-refractivity contribution < 1.29 is 0 Å². The predicted molar refractivity (Wildman–Crippen MR) is 73.4 cm³/mol. The summed E-state index contributed by atoms with van der Waals surface area (Å²) in [4.78, 5) is 7.25. The Bertz CT molecular complexity index is 521. The van der Waals surface area contributed by atoms with Gasteiger partial charge in [-0.3, -0.25) is 5.84 Å². The third kappa shape index (κ3) is 1.88. The third-order valence-electron chi connectivity index (χ3n) is 3.56. The van der Waals surface area contributed by atoms with E-state index in [0.717, 1.165) is 12.4 Å². The van der Waals surface area contributed by atoms with Crippen molar-refractivity contribution in [2.24, 2.45) is 5.84 Å². The van der Waals surface area contributed by atoms with Gasteiger partial charge in [0.2, 0.25) is 0 Å². The van der Waals surface area contributed by atoms with E-state index in [0.29, 0.717) is 0 Å². The maximum atomic E-state index is 5.74. The van der Waals surface area contributed by atoms with Crippen molar-refractivity contribution in [2.75, 3.05) is 0 Å². The first-order valence-electron chi connectivity index (χ1n) is 6.42. The van der Waals surface area contributed by atoms with E-state index in [-0.39, 0.29) is 6.04 Å². The van der Waals surface area contributed by atoms with E-state index >= 15 is 0 Å². The van der Waals surface area contributed by atoms with E-state index in [4.69, 9.17) is 5.84 Å². The number of nitrogens with two attached hydrogens (primary N) is 1. The summed E-state index contributed by atoms with van der Waals surface area (Å²) in [5, 5.41) is 0. The Labute approximate surface area is 111 Å². The molecule has 0 bridgehead atoms. The average molecular weight is 262 g/mol. The maximum Gasteiger partial charge on any atom is 0.132 e. The highest BCUT2D eigenvalue weighted by atomic mass is 32.1. The fourth-order valence-corrected chi connectivity index (χ4v) is 3.94. The van der Waals surface area contributed by atoms with Crippen LogP contribution in [0.5, 0.6) is 0 Å². The van der Waals surface area contributed by atoms with E-state index in [1.165, 1.54) is 34.6 Å². The number of thiophene rings is 1. The van der Waals surface area contributed by atoms with Crippen LogP contribution in [0.2, 0.25) is 0 Å². The molecule has 0 spiro atoms. The first kappa shape index (κ1) is 11.9. The minimum absolute atomic E-state index is 0.00977. The molecule has 0 aliphatic heterocycles. The van der Waals surface area contributed by atoms with E-state index in [1.807, 2.05) is 23.7 Å². The number of hydrazine groups is 1. The smallest absolute Gasteiger partial charge is 0.132 e. The van der Waals surface area contributed by atoms with Crippen LogP contribution in [-0.2, 0) is 19.4 Å². The normalized spacial score (nSPS) is 15.9. The molecule has 96 valence electrons. The second kappa shape index (κ2) is 4.84. The highest BCUT2D eigenvalue weighted by molar-refractivity contribution is 7.12. The zero-order valence-electron chi connectivity index (χ0n) is 10.5. The van der Waals surface area contributed by atoms with Crippen molar-refractivity contribution in [1.29, 1.82) is 0 Å². The van der Waals surface area contributed by atoms with Crippen LogP contribution < -0.4 is 11.3 Å². The molecule has 1 aliphatic rings. The van der Waals surface area contributed by atoms with Gasteiger partial charge in [0.1, 0.15) is 11.9 Å². The molecule has 5 heteroatoms. The van der Waals surface area contributed by atoms with Crippen molar-refractivity contribution in [3.63, 3.8) is 0 Å². The molecule has 2 heterocycles. The third-order valence-corrected chi connectivity index (χ3v) is 4.87. The largest absolute Gasteiger partial charge is 0.334 e. The van der Waals surface area contributed by atoms with Crippen LogP contribution in [-0.4, -0.2) is 9.55 Å². The second-order valence-electron chi connectivity index (χ2n) is 4.62. The molecule has 1 atom stereocenters. The maximum absolute atomic E-state index is 5.74. The zero-order valence-corrected chi connectivity index (χ0v) is 11.3. The van der Waals surface area contributed by atoms with Gasteiger partial charge in [-0.1, -0.05) is 0 Å². The quantitative estimate of drug-likeness (QED) is 0.654. The lowest BCUT2D eigenvalue weighted by Crippen LogP contribution is -2.30. The number of aromatic nitrogens is 2. The van der Waals surface area contributed by atoms with Crippen molar-refractivity contribution in [1.82, 2.24) is 15.0 Å². The van der Waals surface area contributed by atoms with Gasteiger partial charge < -0.3 is 4.57 Å². The first-order chi connectivity index (χ1) is 8.83. The van der Waals surface area contributed by atoms with Gasteiger partial charge in [0, 0.05) is 28.7 Å². The molecule has 4 nitrogen and oxygen atoms in total. The molecule has 0 aromatic carbocycles. The predicted octanol–water partition coefficient (Wildman–Crippen LogP) is 2.01. The Balaban J connectivity index is 1.96. The molecule has 1 unspecified atom stereocenters. The van der Waals surface area contributed by atoms with Gasteiger partial charge in [0.05, 0.1) is 0 Å². The molecule has 3 rings (SSSR count). The minimum Gasteiger partial charge on any atom is -0.334 e. The summed E-state index contributed by atoms with van der Waals surface area (Å²) in [6.45, 7) is 3.03. The Morgan fingerprint density at radius 2 is 2.44 bits per heavy atom. The number of nitrogens with one attached hydrogen (secondary N) is 1. The summed E-state index contributed by atoms with van der Waals surface area (Å²) in [5.41, 5.74) is 4.42. The zero-order chi connectivity index (χ0) is 12.5. The Kier molecular flexibility index (Phi) is 3.20. The molecule has 0 saturated heterocycles. The van der Waals surface area contributed by atoms with Crippen LogP contribution in [0.4, 0.5) is 0 Å². The summed E-state index contributed by atoms with van der Waals surface area (Å²) in [6, 6.07) is 2.31. The molecule has 0 saturated carbocycles. The van der Waals surface area contributed by atoms with Gasteiger partial charge in [-0.25, -0.2) is 10.4 Å². The van der Waals surface area contributed by atoms with Gasteiger partial charge >= 0.3 is 0 Å². The number of aryl methyl sites for hydroxylation is 3. The van der Waals surface area contributed by atoms with E-state index in [9.17, 15) is 0 Å². The summed E-state index contributed by atoms with van der Waals surface area (Å²) in [6.07, 6.45) is 7.57. The van der Waals surface area contributed by atoms with E-state index in [1.54, 1.807) is 0 Å². The van der Waals surface area contributed by atoms with Crippen LogP contribution in [0.1, 0.15) is 40.5 Å². The Hall–Kier alpha value is -1.17. The number of rotatable bonds is 4. The van der Waals surface area contributed by atoms with E-state index in [2.05, 4.69) is 28.0 Å². The topological polar surface area (TPSA) is 55.9 Å². The SMILES string of the molecule is CCn1ccnc1C(NN)c1cc2c(s1)CCC2. The summed E-state index contributed by atoms with van der Waals surface area (Å²) >= 11 is 1.88. The molecule has 2 aromatic heterocycles. The molecular weight excluding hydrogens is 244 g/mol. The van der Waals surface area contributed by atoms with Crippen LogP contribution in [0.3, 0.4) is 0 Å². The van der Waals surface area contributed by atoms with Crippen LogP contribution in [0.15, 0.2) is 18.5 Å². The van der Waals surface area contributed by atoms with Crippen LogP contribution >= 0.6 is 11.3 Å². The van der Waals surface area contributed by atoms with Crippen molar-refractivity contribution in [2.45, 2.75) is 38.8 Å². The van der Waals surface area contributed by atoms with E-state index < -0.39 is 0 Å². The highest BCUT2D eigenvalue weighted by Gasteiger charge is 2.23. The van der Waals surface area contributed by atoms with Gasteiger partial charge in [0.25, 0.3) is 0 Å². The number of fused-ring (bicyclic) bond motifs is 1. The fraction of sp³-hybridized carbons (Fsp3) is 0.462. The average Bonchev–Trinajstić information content (AvgIpc) is 3.03. The lowest BCUT2D eigenvalue weighted by Gasteiger charge is -2.15. The van der Waals surface area contributed by atoms with Crippen molar-refractivity contribution >= 4 is 11.3 Å². The van der Waals surface area contributed by atoms with Gasteiger partial charge in [-0.15, -0.1) is 11.3 Å². The molecule has 18 heavy (non-hydrogen) atoms. The summed E-state index contributed by atoms with van der Waals surface area (Å²) in [5.74, 6) is 6.74. The van der Waals surface area contributed by atoms with Crippen molar-refractivity contribution in [3.05, 3.63) is 39.6 Å². The summed E-state index contributed by atoms with van der Waals surface area (Å²) < 4.78 is 2.13. The standard InChI is InChI=1S/C13H18N4S/c1-2-17-7-6-15-13(17)12(16-14)11-8-9-4-3-5-10(9)18-11/h6-8,12,16H,2-5,14H2,1H3. The number of imidazole rings is 1. The lowest BCUT2D eigenvalue weighted by atomic mass is 10.2. The Morgan fingerprint density at radius 3 is 3.17 bits per heavy atom. The highest BCUT2D eigenvalue weighted by Crippen LogP contribution is 2.35. The lowest BCUT2D eigenvalue weighted by molar-refractivity contribution is 0.567. The second-order valence-corrected chi connectivity index (χ2v) is 5.79. The number of hydrogen-bond donors (Lipinski definition) is 2.